The highest BCUT2D eigenvalue weighted by atomic mass is 16.5. The summed E-state index contributed by atoms with van der Waals surface area (Å²) in [6.45, 7) is 1.85. The predicted octanol–water partition coefficient (Wildman–Crippen LogP) is 3.67. The van der Waals surface area contributed by atoms with Crippen LogP contribution in [0.15, 0.2) is 42.5 Å². The van der Waals surface area contributed by atoms with Crippen LogP contribution in [0.2, 0.25) is 0 Å². The minimum Gasteiger partial charge on any atom is -0.497 e. The first kappa shape index (κ1) is 19.5. The van der Waals surface area contributed by atoms with Gasteiger partial charge in [-0.15, -0.1) is 0 Å². The number of methoxy groups -OCH3 is 1. The molecule has 5 nitrogen and oxygen atoms in total. The largest absolute Gasteiger partial charge is 0.497 e. The molecule has 2 aromatic rings. The second-order valence-electron chi connectivity index (χ2n) is 6.43. The van der Waals surface area contributed by atoms with E-state index in [0.29, 0.717) is 17.7 Å². The van der Waals surface area contributed by atoms with Gasteiger partial charge >= 0.3 is 0 Å². The van der Waals surface area contributed by atoms with Crippen LogP contribution in [-0.2, 0) is 11.2 Å². The summed E-state index contributed by atoms with van der Waals surface area (Å²) in [7, 11) is 5.07. The minimum atomic E-state index is -0.0712. The summed E-state index contributed by atoms with van der Waals surface area (Å²) in [5.74, 6) is 0.711. The van der Waals surface area contributed by atoms with Gasteiger partial charge in [-0.05, 0) is 55.2 Å². The molecule has 0 saturated heterocycles. The second-order valence-corrected chi connectivity index (χ2v) is 6.43. The topological polar surface area (TPSA) is 58.6 Å². The van der Waals surface area contributed by atoms with Crippen molar-refractivity contribution in [3.05, 3.63) is 59.2 Å². The van der Waals surface area contributed by atoms with Crippen molar-refractivity contribution in [3.63, 3.8) is 0 Å². The molecule has 5 heteroatoms. The summed E-state index contributed by atoms with van der Waals surface area (Å²) < 4.78 is 5.14. The number of aryl methyl sites for hydroxylation is 1. The molecule has 0 fully saturated rings. The fraction of sp³-hybridized carbons (Fsp3) is 0.333. The second kappa shape index (κ2) is 9.04. The Morgan fingerprint density at radius 3 is 2.38 bits per heavy atom. The number of anilines is 1. The third kappa shape index (κ3) is 5.09. The third-order valence-corrected chi connectivity index (χ3v) is 4.27. The van der Waals surface area contributed by atoms with Gasteiger partial charge in [0.25, 0.3) is 5.91 Å². The van der Waals surface area contributed by atoms with Crippen molar-refractivity contribution < 1.29 is 14.3 Å². The Labute approximate surface area is 155 Å². The van der Waals surface area contributed by atoms with Gasteiger partial charge in [-0.2, -0.15) is 0 Å². The summed E-state index contributed by atoms with van der Waals surface area (Å²) >= 11 is 0. The van der Waals surface area contributed by atoms with E-state index < -0.39 is 0 Å². The quantitative estimate of drug-likeness (QED) is 0.825. The molecule has 138 valence electrons. The van der Waals surface area contributed by atoms with E-state index in [-0.39, 0.29) is 11.8 Å². The molecule has 0 radical (unpaired) electrons. The van der Waals surface area contributed by atoms with Crippen molar-refractivity contribution in [2.24, 2.45) is 0 Å². The molecule has 1 N–H and O–H groups in total. The number of carbonyl (C=O) groups excluding carboxylic acids is 2. The van der Waals surface area contributed by atoms with Gasteiger partial charge in [0.2, 0.25) is 5.91 Å². The standard InChI is InChI=1S/C21H26N2O3/c1-15-18(21(25)23(2)3)8-6-9-19(15)22-20(24)10-5-7-16-11-13-17(26-4)14-12-16/h6,8-9,11-14H,5,7,10H2,1-4H3,(H,22,24). The average molecular weight is 354 g/mol. The average Bonchev–Trinajstić information content (AvgIpc) is 2.63. The van der Waals surface area contributed by atoms with Crippen molar-refractivity contribution in [2.75, 3.05) is 26.5 Å². The molecule has 0 heterocycles. The van der Waals surface area contributed by atoms with Gasteiger partial charge in [-0.3, -0.25) is 9.59 Å². The van der Waals surface area contributed by atoms with Gasteiger partial charge in [0, 0.05) is 31.8 Å². The van der Waals surface area contributed by atoms with E-state index in [1.54, 1.807) is 33.3 Å². The molecule has 0 aromatic heterocycles. The van der Waals surface area contributed by atoms with Crippen molar-refractivity contribution in [1.29, 1.82) is 0 Å². The van der Waals surface area contributed by atoms with Gasteiger partial charge in [-0.25, -0.2) is 0 Å². The molecule has 0 aliphatic heterocycles. The normalized spacial score (nSPS) is 10.3. The SMILES string of the molecule is COc1ccc(CCCC(=O)Nc2cccc(C(=O)N(C)C)c2C)cc1. The van der Waals surface area contributed by atoms with E-state index in [4.69, 9.17) is 4.74 Å². The summed E-state index contributed by atoms with van der Waals surface area (Å²) in [6.07, 6.45) is 2.01. The lowest BCUT2D eigenvalue weighted by Gasteiger charge is -2.15. The molecule has 2 amide bonds. The number of hydrogen-bond acceptors (Lipinski definition) is 3. The molecular formula is C21H26N2O3. The smallest absolute Gasteiger partial charge is 0.253 e. The molecule has 2 aromatic carbocycles. The zero-order chi connectivity index (χ0) is 19.1. The van der Waals surface area contributed by atoms with E-state index in [1.807, 2.05) is 37.3 Å². The van der Waals surface area contributed by atoms with Gasteiger partial charge < -0.3 is 15.0 Å². The third-order valence-electron chi connectivity index (χ3n) is 4.27. The maximum absolute atomic E-state index is 12.2. The monoisotopic (exact) mass is 354 g/mol. The van der Waals surface area contributed by atoms with Gasteiger partial charge in [0.05, 0.1) is 7.11 Å². The van der Waals surface area contributed by atoms with E-state index in [0.717, 1.165) is 24.2 Å². The van der Waals surface area contributed by atoms with E-state index in [1.165, 1.54) is 10.5 Å². The molecule has 26 heavy (non-hydrogen) atoms. The molecule has 0 bridgehead atoms. The van der Waals surface area contributed by atoms with Gasteiger partial charge in [0.15, 0.2) is 0 Å². The first-order valence-corrected chi connectivity index (χ1v) is 8.66. The fourth-order valence-electron chi connectivity index (χ4n) is 2.70. The summed E-state index contributed by atoms with van der Waals surface area (Å²) in [5.41, 5.74) is 3.25. The molecule has 0 aliphatic rings. The number of hydrogen-bond donors (Lipinski definition) is 1. The predicted molar refractivity (Wildman–Crippen MR) is 104 cm³/mol. The number of nitrogens with one attached hydrogen (secondary N) is 1. The lowest BCUT2D eigenvalue weighted by molar-refractivity contribution is -0.116. The Hall–Kier alpha value is -2.82. The highest BCUT2D eigenvalue weighted by Crippen LogP contribution is 2.20. The summed E-state index contributed by atoms with van der Waals surface area (Å²) in [6, 6.07) is 13.3. The van der Waals surface area contributed by atoms with Gasteiger partial charge in [0.1, 0.15) is 5.75 Å². The van der Waals surface area contributed by atoms with Crippen LogP contribution >= 0.6 is 0 Å². The molecular weight excluding hydrogens is 328 g/mol. The van der Waals surface area contributed by atoms with Crippen molar-refractivity contribution >= 4 is 17.5 Å². The maximum Gasteiger partial charge on any atom is 0.253 e. The lowest BCUT2D eigenvalue weighted by atomic mass is 10.0. The fourth-order valence-corrected chi connectivity index (χ4v) is 2.70. The van der Waals surface area contributed by atoms with E-state index in [9.17, 15) is 9.59 Å². The lowest BCUT2D eigenvalue weighted by Crippen LogP contribution is -2.23. The number of rotatable bonds is 7. The molecule has 0 atom stereocenters. The van der Waals surface area contributed by atoms with Crippen LogP contribution in [0, 0.1) is 6.92 Å². The van der Waals surface area contributed by atoms with E-state index >= 15 is 0 Å². The highest BCUT2D eigenvalue weighted by Gasteiger charge is 2.14. The number of benzene rings is 2. The Kier molecular flexibility index (Phi) is 6.78. The summed E-state index contributed by atoms with van der Waals surface area (Å²) in [4.78, 5) is 26.0. The molecule has 2 rings (SSSR count). The van der Waals surface area contributed by atoms with Crippen LogP contribution in [0.3, 0.4) is 0 Å². The van der Waals surface area contributed by atoms with Crippen LogP contribution in [0.1, 0.15) is 34.3 Å². The Bertz CT molecular complexity index is 767. The Morgan fingerprint density at radius 2 is 1.77 bits per heavy atom. The van der Waals surface area contributed by atoms with Crippen LogP contribution < -0.4 is 10.1 Å². The Balaban J connectivity index is 1.91. The first-order chi connectivity index (χ1) is 12.4. The minimum absolute atomic E-state index is 0.0453. The van der Waals surface area contributed by atoms with Crippen LogP contribution in [0.25, 0.3) is 0 Å². The summed E-state index contributed by atoms with van der Waals surface area (Å²) in [5, 5.41) is 2.92. The zero-order valence-corrected chi connectivity index (χ0v) is 15.8. The highest BCUT2D eigenvalue weighted by molar-refractivity contribution is 5.99. The molecule has 0 saturated carbocycles. The van der Waals surface area contributed by atoms with Crippen molar-refractivity contribution in [2.45, 2.75) is 26.2 Å². The molecule has 0 aliphatic carbocycles. The number of nitrogens with zero attached hydrogens (tertiary/aromatic N) is 1. The molecule has 0 unspecified atom stereocenters. The van der Waals surface area contributed by atoms with Crippen molar-refractivity contribution in [3.8, 4) is 5.75 Å². The maximum atomic E-state index is 12.2. The number of carbonyl (C=O) groups is 2. The van der Waals surface area contributed by atoms with Crippen molar-refractivity contribution in [1.82, 2.24) is 4.90 Å². The number of ether oxygens (including phenoxy) is 1. The number of amides is 2. The van der Waals surface area contributed by atoms with Crippen LogP contribution in [0.4, 0.5) is 5.69 Å². The molecule has 0 spiro atoms. The van der Waals surface area contributed by atoms with Crippen LogP contribution in [0.5, 0.6) is 5.75 Å². The first-order valence-electron chi connectivity index (χ1n) is 8.66. The van der Waals surface area contributed by atoms with Gasteiger partial charge in [-0.1, -0.05) is 18.2 Å². The van der Waals surface area contributed by atoms with E-state index in [2.05, 4.69) is 5.32 Å². The van der Waals surface area contributed by atoms with Crippen LogP contribution in [-0.4, -0.2) is 37.9 Å². The zero-order valence-electron chi connectivity index (χ0n) is 15.8. The Morgan fingerprint density at radius 1 is 1.08 bits per heavy atom.